The van der Waals surface area contributed by atoms with Gasteiger partial charge in [-0.2, -0.15) is 4.31 Å². The van der Waals surface area contributed by atoms with Gasteiger partial charge in [0.15, 0.2) is 0 Å². The Balaban J connectivity index is 1.35. The Bertz CT molecular complexity index is 941. The molecular formula is C24H35N3O5S. The molecule has 3 heterocycles. The highest BCUT2D eigenvalue weighted by Crippen LogP contribution is 2.25. The Hall–Kier alpha value is -1.97. The predicted molar refractivity (Wildman–Crippen MR) is 124 cm³/mol. The molecule has 8 nitrogen and oxygen atoms in total. The van der Waals surface area contributed by atoms with Crippen LogP contribution < -0.4 is 0 Å². The van der Waals surface area contributed by atoms with E-state index in [2.05, 4.69) is 0 Å². The number of benzene rings is 1. The lowest BCUT2D eigenvalue weighted by atomic mass is 9.94. The van der Waals surface area contributed by atoms with E-state index in [0.717, 1.165) is 25.9 Å². The van der Waals surface area contributed by atoms with Crippen molar-refractivity contribution in [2.24, 2.45) is 5.92 Å². The van der Waals surface area contributed by atoms with Crippen molar-refractivity contribution < 1.29 is 22.7 Å². The molecule has 2 amide bonds. The van der Waals surface area contributed by atoms with Crippen molar-refractivity contribution in [1.82, 2.24) is 14.1 Å². The van der Waals surface area contributed by atoms with Crippen LogP contribution in [0.15, 0.2) is 29.2 Å². The van der Waals surface area contributed by atoms with Gasteiger partial charge in [0.1, 0.15) is 0 Å². The molecule has 0 spiro atoms. The molecule has 1 aromatic rings. The van der Waals surface area contributed by atoms with E-state index in [4.69, 9.17) is 4.74 Å². The first kappa shape index (κ1) is 24.2. The van der Waals surface area contributed by atoms with Gasteiger partial charge in [0.05, 0.1) is 17.1 Å². The Morgan fingerprint density at radius 1 is 0.848 bits per heavy atom. The molecule has 3 fully saturated rings. The fraction of sp³-hybridized carbons (Fsp3) is 0.667. The van der Waals surface area contributed by atoms with Crippen molar-refractivity contribution in [2.45, 2.75) is 63.1 Å². The second-order valence-corrected chi connectivity index (χ2v) is 11.5. The van der Waals surface area contributed by atoms with Crippen LogP contribution in [0.5, 0.6) is 0 Å². The van der Waals surface area contributed by atoms with Crippen LogP contribution in [0.25, 0.3) is 0 Å². The number of hydrogen-bond acceptors (Lipinski definition) is 5. The molecule has 0 aliphatic carbocycles. The average molecular weight is 478 g/mol. The number of nitrogens with zero attached hydrogens (tertiary/aromatic N) is 3. The monoisotopic (exact) mass is 477 g/mol. The Morgan fingerprint density at radius 2 is 1.42 bits per heavy atom. The van der Waals surface area contributed by atoms with Gasteiger partial charge in [-0.1, -0.05) is 0 Å². The summed E-state index contributed by atoms with van der Waals surface area (Å²) in [5.74, 6) is 0.123. The largest absolute Gasteiger partial charge is 0.373 e. The van der Waals surface area contributed by atoms with Crippen molar-refractivity contribution in [3.05, 3.63) is 29.8 Å². The first-order chi connectivity index (χ1) is 15.8. The number of carbonyl (C=O) groups is 2. The maximum Gasteiger partial charge on any atom is 0.253 e. The molecule has 0 saturated carbocycles. The van der Waals surface area contributed by atoms with Crippen LogP contribution in [-0.2, 0) is 19.6 Å². The zero-order valence-corrected chi connectivity index (χ0v) is 20.4. The van der Waals surface area contributed by atoms with Gasteiger partial charge in [-0.05, 0) is 70.2 Å². The normalized spacial score (nSPS) is 25.8. The number of likely N-dealkylation sites (tertiary alicyclic amines) is 2. The maximum absolute atomic E-state index is 13.0. The number of sulfonamides is 1. The van der Waals surface area contributed by atoms with E-state index in [1.807, 2.05) is 18.7 Å². The van der Waals surface area contributed by atoms with Gasteiger partial charge in [-0.25, -0.2) is 8.42 Å². The van der Waals surface area contributed by atoms with Crippen molar-refractivity contribution in [1.29, 1.82) is 0 Å². The number of ether oxygens (including phenoxy) is 1. The zero-order chi connectivity index (χ0) is 23.6. The molecule has 2 atom stereocenters. The standard InChI is InChI=1S/C24H35N3O5S/c1-18-16-27(17-19(2)32-18)33(30,31)22-8-6-20(7-9-22)23(28)26-14-10-21(11-15-26)24(29)25-12-4-3-5-13-25/h6-9,18-19,21H,3-5,10-17H2,1-2H3. The van der Waals surface area contributed by atoms with Crippen molar-refractivity contribution in [3.63, 3.8) is 0 Å². The van der Waals surface area contributed by atoms with Crippen LogP contribution in [0, 0.1) is 5.92 Å². The minimum absolute atomic E-state index is 0.00188. The van der Waals surface area contributed by atoms with Crippen LogP contribution in [0.4, 0.5) is 0 Å². The fourth-order valence-electron chi connectivity index (χ4n) is 5.13. The molecule has 4 rings (SSSR count). The number of amides is 2. The molecule has 0 aromatic heterocycles. The molecule has 3 aliphatic rings. The lowest BCUT2D eigenvalue weighted by molar-refractivity contribution is -0.137. The van der Waals surface area contributed by atoms with Crippen LogP contribution in [0.1, 0.15) is 56.3 Å². The molecule has 3 aliphatic heterocycles. The number of carbonyl (C=O) groups excluding carboxylic acids is 2. The lowest BCUT2D eigenvalue weighted by Crippen LogP contribution is -2.48. The van der Waals surface area contributed by atoms with Gasteiger partial charge in [-0.3, -0.25) is 9.59 Å². The molecule has 2 unspecified atom stereocenters. The Kier molecular flexibility index (Phi) is 7.40. The molecule has 0 N–H and O–H groups in total. The van der Waals surface area contributed by atoms with E-state index in [1.165, 1.54) is 22.9 Å². The van der Waals surface area contributed by atoms with Crippen molar-refractivity contribution >= 4 is 21.8 Å². The number of morpholine rings is 1. The van der Waals surface area contributed by atoms with E-state index >= 15 is 0 Å². The molecule has 182 valence electrons. The van der Waals surface area contributed by atoms with Crippen LogP contribution >= 0.6 is 0 Å². The van der Waals surface area contributed by atoms with Gasteiger partial charge in [0, 0.05) is 50.7 Å². The molecule has 0 bridgehead atoms. The first-order valence-corrected chi connectivity index (χ1v) is 13.5. The minimum atomic E-state index is -3.64. The van der Waals surface area contributed by atoms with Crippen LogP contribution in [0.3, 0.4) is 0 Å². The summed E-state index contributed by atoms with van der Waals surface area (Å²) >= 11 is 0. The number of hydrogen-bond donors (Lipinski definition) is 0. The maximum atomic E-state index is 13.0. The third-order valence-corrected chi connectivity index (χ3v) is 8.77. The van der Waals surface area contributed by atoms with Crippen molar-refractivity contribution in [3.8, 4) is 0 Å². The van der Waals surface area contributed by atoms with E-state index in [-0.39, 0.29) is 34.8 Å². The van der Waals surface area contributed by atoms with Gasteiger partial charge < -0.3 is 14.5 Å². The van der Waals surface area contributed by atoms with E-state index < -0.39 is 10.0 Å². The first-order valence-electron chi connectivity index (χ1n) is 12.1. The summed E-state index contributed by atoms with van der Waals surface area (Å²) in [7, 11) is -3.64. The van der Waals surface area contributed by atoms with E-state index in [0.29, 0.717) is 44.6 Å². The summed E-state index contributed by atoms with van der Waals surface area (Å²) in [5.41, 5.74) is 0.471. The Labute approximate surface area is 196 Å². The summed E-state index contributed by atoms with van der Waals surface area (Å²) in [5, 5.41) is 0. The van der Waals surface area contributed by atoms with Crippen LogP contribution in [0.2, 0.25) is 0 Å². The second-order valence-electron chi connectivity index (χ2n) is 9.56. The number of piperidine rings is 2. The minimum Gasteiger partial charge on any atom is -0.373 e. The third kappa shape index (κ3) is 5.41. The summed E-state index contributed by atoms with van der Waals surface area (Å²) in [6.07, 6.45) is 4.41. The molecule has 1 aromatic carbocycles. The molecule has 0 radical (unpaired) electrons. The highest BCUT2D eigenvalue weighted by molar-refractivity contribution is 7.89. The molecule has 3 saturated heterocycles. The van der Waals surface area contributed by atoms with Gasteiger partial charge >= 0.3 is 0 Å². The molecule has 9 heteroatoms. The average Bonchev–Trinajstić information content (AvgIpc) is 2.83. The fourth-order valence-corrected chi connectivity index (χ4v) is 6.72. The van der Waals surface area contributed by atoms with E-state index in [9.17, 15) is 18.0 Å². The van der Waals surface area contributed by atoms with Crippen molar-refractivity contribution in [2.75, 3.05) is 39.3 Å². The molecular weight excluding hydrogens is 442 g/mol. The van der Waals surface area contributed by atoms with E-state index in [1.54, 1.807) is 17.0 Å². The van der Waals surface area contributed by atoms with Gasteiger partial charge in [0.25, 0.3) is 5.91 Å². The summed E-state index contributed by atoms with van der Waals surface area (Å²) < 4.78 is 33.2. The second kappa shape index (κ2) is 10.1. The lowest BCUT2D eigenvalue weighted by Gasteiger charge is -2.35. The summed E-state index contributed by atoms with van der Waals surface area (Å²) in [6, 6.07) is 6.21. The summed E-state index contributed by atoms with van der Waals surface area (Å²) in [6.45, 7) is 7.17. The predicted octanol–water partition coefficient (Wildman–Crippen LogP) is 2.35. The van der Waals surface area contributed by atoms with Crippen LogP contribution in [-0.4, -0.2) is 85.8 Å². The highest BCUT2D eigenvalue weighted by Gasteiger charge is 2.33. The smallest absolute Gasteiger partial charge is 0.253 e. The third-order valence-electron chi connectivity index (χ3n) is 6.92. The molecule has 33 heavy (non-hydrogen) atoms. The Morgan fingerprint density at radius 3 is 2.00 bits per heavy atom. The SMILES string of the molecule is CC1CN(S(=O)(=O)c2ccc(C(=O)N3CCC(C(=O)N4CCCCC4)CC3)cc2)CC(C)O1. The zero-order valence-electron chi connectivity index (χ0n) is 19.6. The number of rotatable bonds is 4. The quantitative estimate of drug-likeness (QED) is 0.664. The topological polar surface area (TPSA) is 87.2 Å². The van der Waals surface area contributed by atoms with Gasteiger partial charge in [0.2, 0.25) is 15.9 Å². The summed E-state index contributed by atoms with van der Waals surface area (Å²) in [4.78, 5) is 29.7. The highest BCUT2D eigenvalue weighted by atomic mass is 32.2. The van der Waals surface area contributed by atoms with Gasteiger partial charge in [-0.15, -0.1) is 0 Å².